The maximum Gasteiger partial charge on any atom is 0.217 e. The number of hydrogen-bond donors (Lipinski definition) is 0. The van der Waals surface area contributed by atoms with Gasteiger partial charge in [0.15, 0.2) is 0 Å². The SMILES string of the molecule is Cc1nnc(C[C@@]23CC[C@@H](c4cc(-c5c(F)cccc5F)nnc42)C3(C)C)o1. The zero-order valence-electron chi connectivity index (χ0n) is 16.0. The molecular formula is C21H20F2N4O. The average molecular weight is 382 g/mol. The quantitative estimate of drug-likeness (QED) is 0.667. The Hall–Kier alpha value is -2.70. The van der Waals surface area contributed by atoms with E-state index in [0.717, 1.165) is 24.1 Å². The lowest BCUT2D eigenvalue weighted by atomic mass is 9.66. The second kappa shape index (κ2) is 5.65. The molecule has 3 aromatic rings. The number of halogens is 2. The molecular weight excluding hydrogens is 362 g/mol. The van der Waals surface area contributed by atoms with E-state index in [1.807, 2.05) is 6.07 Å². The average Bonchev–Trinajstić information content (AvgIpc) is 3.21. The fraction of sp³-hybridized carbons (Fsp3) is 0.429. The first kappa shape index (κ1) is 17.4. The molecule has 2 atom stereocenters. The second-order valence-electron chi connectivity index (χ2n) is 8.42. The van der Waals surface area contributed by atoms with Gasteiger partial charge in [-0.3, -0.25) is 0 Å². The molecule has 144 valence electrons. The van der Waals surface area contributed by atoms with Crippen molar-refractivity contribution in [3.8, 4) is 11.3 Å². The first-order valence-electron chi connectivity index (χ1n) is 9.45. The van der Waals surface area contributed by atoms with Crippen LogP contribution in [0.25, 0.3) is 11.3 Å². The summed E-state index contributed by atoms with van der Waals surface area (Å²) in [6.45, 7) is 6.21. The highest BCUT2D eigenvalue weighted by atomic mass is 19.1. The number of aryl methyl sites for hydroxylation is 1. The number of hydrogen-bond acceptors (Lipinski definition) is 5. The summed E-state index contributed by atoms with van der Waals surface area (Å²) in [5, 5.41) is 16.9. The maximum atomic E-state index is 14.3. The van der Waals surface area contributed by atoms with Crippen molar-refractivity contribution in [3.05, 3.63) is 58.9 Å². The standard InChI is InChI=1S/C21H20F2N4O/c1-11-24-26-17(28-11)10-21-8-7-13(20(21,2)3)12-9-16(25-27-19(12)21)18-14(22)5-4-6-15(18)23/h4-6,9,13H,7-8,10H2,1-3H3/t13-,21-/m0/s1. The van der Waals surface area contributed by atoms with Crippen LogP contribution >= 0.6 is 0 Å². The predicted octanol–water partition coefficient (Wildman–Crippen LogP) is 4.51. The highest BCUT2D eigenvalue weighted by Gasteiger charge is 2.63. The number of nitrogens with zero attached hydrogens (tertiary/aromatic N) is 4. The van der Waals surface area contributed by atoms with Crippen molar-refractivity contribution in [2.24, 2.45) is 5.41 Å². The van der Waals surface area contributed by atoms with Crippen molar-refractivity contribution in [1.29, 1.82) is 0 Å². The number of benzene rings is 1. The molecule has 7 heteroatoms. The van der Waals surface area contributed by atoms with Crippen molar-refractivity contribution in [2.45, 2.75) is 51.4 Å². The summed E-state index contributed by atoms with van der Waals surface area (Å²) in [4.78, 5) is 0. The van der Waals surface area contributed by atoms with E-state index < -0.39 is 11.6 Å². The first-order chi connectivity index (χ1) is 13.3. The van der Waals surface area contributed by atoms with Gasteiger partial charge in [0.25, 0.3) is 0 Å². The van der Waals surface area contributed by atoms with Crippen molar-refractivity contribution >= 4 is 0 Å². The third-order valence-electron chi connectivity index (χ3n) is 6.86. The van der Waals surface area contributed by atoms with Crippen LogP contribution < -0.4 is 0 Å². The molecule has 5 nitrogen and oxygen atoms in total. The summed E-state index contributed by atoms with van der Waals surface area (Å²) < 4.78 is 34.2. The molecule has 1 fully saturated rings. The van der Waals surface area contributed by atoms with E-state index in [9.17, 15) is 8.78 Å². The van der Waals surface area contributed by atoms with Crippen molar-refractivity contribution in [3.63, 3.8) is 0 Å². The van der Waals surface area contributed by atoms with Crippen molar-refractivity contribution < 1.29 is 13.2 Å². The van der Waals surface area contributed by atoms with Crippen molar-refractivity contribution in [1.82, 2.24) is 20.4 Å². The van der Waals surface area contributed by atoms with Crippen LogP contribution in [0, 0.1) is 24.0 Å². The summed E-state index contributed by atoms with van der Waals surface area (Å²) in [5.74, 6) is 0.106. The lowest BCUT2D eigenvalue weighted by molar-refractivity contribution is 0.191. The summed E-state index contributed by atoms with van der Waals surface area (Å²) >= 11 is 0. The number of aromatic nitrogens is 4. The zero-order chi connectivity index (χ0) is 19.7. The molecule has 28 heavy (non-hydrogen) atoms. The molecule has 0 spiro atoms. The van der Waals surface area contributed by atoms with Crippen LogP contribution in [0.4, 0.5) is 8.78 Å². The Morgan fingerprint density at radius 1 is 1.11 bits per heavy atom. The molecule has 5 rings (SSSR count). The molecule has 2 aliphatic rings. The minimum absolute atomic E-state index is 0.0984. The minimum atomic E-state index is -0.632. The second-order valence-corrected chi connectivity index (χ2v) is 8.42. The Morgan fingerprint density at radius 3 is 2.54 bits per heavy atom. The normalized spacial score (nSPS) is 24.5. The summed E-state index contributed by atoms with van der Waals surface area (Å²) in [6, 6.07) is 5.64. The van der Waals surface area contributed by atoms with Crippen LogP contribution in [0.2, 0.25) is 0 Å². The maximum absolute atomic E-state index is 14.3. The number of rotatable bonds is 3. The Morgan fingerprint density at radius 2 is 1.86 bits per heavy atom. The van der Waals surface area contributed by atoms with Gasteiger partial charge in [0.2, 0.25) is 11.8 Å². The fourth-order valence-corrected chi connectivity index (χ4v) is 5.35. The first-order valence-corrected chi connectivity index (χ1v) is 9.45. The largest absolute Gasteiger partial charge is 0.426 e. The molecule has 0 unspecified atom stereocenters. The highest BCUT2D eigenvalue weighted by Crippen LogP contribution is 2.68. The summed E-state index contributed by atoms with van der Waals surface area (Å²) in [6.07, 6.45) is 2.52. The molecule has 2 aromatic heterocycles. The molecule has 1 aromatic carbocycles. The van der Waals surface area contributed by atoms with E-state index in [1.54, 1.807) is 6.92 Å². The van der Waals surface area contributed by atoms with Crippen LogP contribution in [0.3, 0.4) is 0 Å². The van der Waals surface area contributed by atoms with E-state index in [1.165, 1.54) is 18.2 Å². The molecule has 2 bridgehead atoms. The lowest BCUT2D eigenvalue weighted by Gasteiger charge is -2.36. The summed E-state index contributed by atoms with van der Waals surface area (Å²) in [7, 11) is 0. The smallest absolute Gasteiger partial charge is 0.217 e. The van der Waals surface area contributed by atoms with Gasteiger partial charge in [0.1, 0.15) is 11.6 Å². The van der Waals surface area contributed by atoms with Crippen LogP contribution in [-0.2, 0) is 11.8 Å². The molecule has 0 saturated heterocycles. The van der Waals surface area contributed by atoms with Crippen LogP contribution in [0.1, 0.15) is 55.6 Å². The topological polar surface area (TPSA) is 64.7 Å². The number of fused-ring (bicyclic) bond motifs is 5. The van der Waals surface area contributed by atoms with Gasteiger partial charge in [0, 0.05) is 18.8 Å². The third kappa shape index (κ3) is 2.16. The van der Waals surface area contributed by atoms with Crippen LogP contribution in [0.15, 0.2) is 28.7 Å². The molecule has 2 heterocycles. The third-order valence-corrected chi connectivity index (χ3v) is 6.86. The monoisotopic (exact) mass is 382 g/mol. The van der Waals surface area contributed by atoms with Gasteiger partial charge >= 0.3 is 0 Å². The Labute approximate surface area is 161 Å². The Balaban J connectivity index is 1.65. The molecule has 0 N–H and O–H groups in total. The van der Waals surface area contributed by atoms with Gasteiger partial charge in [0.05, 0.1) is 17.0 Å². The van der Waals surface area contributed by atoms with E-state index in [-0.39, 0.29) is 28.0 Å². The van der Waals surface area contributed by atoms with Gasteiger partial charge in [-0.25, -0.2) is 8.78 Å². The van der Waals surface area contributed by atoms with Crippen molar-refractivity contribution in [2.75, 3.05) is 0 Å². The highest BCUT2D eigenvalue weighted by molar-refractivity contribution is 5.63. The van der Waals surface area contributed by atoms with E-state index >= 15 is 0 Å². The van der Waals surface area contributed by atoms with E-state index in [0.29, 0.717) is 18.2 Å². The van der Waals surface area contributed by atoms with Gasteiger partial charge in [-0.05, 0) is 47.9 Å². The molecule has 0 amide bonds. The Bertz CT molecular complexity index is 1070. The molecule has 0 aliphatic heterocycles. The zero-order valence-corrected chi connectivity index (χ0v) is 16.0. The summed E-state index contributed by atoms with van der Waals surface area (Å²) in [5.41, 5.74) is 1.66. The minimum Gasteiger partial charge on any atom is -0.426 e. The van der Waals surface area contributed by atoms with Gasteiger partial charge in [-0.2, -0.15) is 10.2 Å². The fourth-order valence-electron chi connectivity index (χ4n) is 5.35. The van der Waals surface area contributed by atoms with Crippen LogP contribution in [-0.4, -0.2) is 20.4 Å². The van der Waals surface area contributed by atoms with Gasteiger partial charge < -0.3 is 4.42 Å². The molecule has 0 radical (unpaired) electrons. The van der Waals surface area contributed by atoms with E-state index in [2.05, 4.69) is 34.2 Å². The molecule has 2 aliphatic carbocycles. The van der Waals surface area contributed by atoms with Crippen LogP contribution in [0.5, 0.6) is 0 Å². The van der Waals surface area contributed by atoms with Gasteiger partial charge in [-0.15, -0.1) is 10.2 Å². The van der Waals surface area contributed by atoms with Gasteiger partial charge in [-0.1, -0.05) is 19.9 Å². The lowest BCUT2D eigenvalue weighted by Crippen LogP contribution is -2.38. The Kier molecular flexibility index (Phi) is 3.51. The predicted molar refractivity (Wildman–Crippen MR) is 97.6 cm³/mol. The molecule has 1 saturated carbocycles. The van der Waals surface area contributed by atoms with E-state index in [4.69, 9.17) is 4.42 Å².